The van der Waals surface area contributed by atoms with Crippen LogP contribution in [-0.4, -0.2) is 67.5 Å². The monoisotopic (exact) mass is 519 g/mol. The molecule has 0 radical (unpaired) electrons. The van der Waals surface area contributed by atoms with Crippen LogP contribution < -0.4 is 4.90 Å². The van der Waals surface area contributed by atoms with E-state index in [1.807, 2.05) is 39.8 Å². The number of aromatic carboxylic acids is 1. The zero-order chi connectivity index (χ0) is 27.6. The number of hydrogen-bond donors (Lipinski definition) is 1. The molecule has 10 heteroatoms. The Balaban J connectivity index is 1.65. The van der Waals surface area contributed by atoms with Gasteiger partial charge in [0, 0.05) is 37.5 Å². The Labute approximate surface area is 221 Å². The summed E-state index contributed by atoms with van der Waals surface area (Å²) in [6, 6.07) is 10.2. The molecule has 0 unspecified atom stereocenters. The molecule has 0 bridgehead atoms. The van der Waals surface area contributed by atoms with Gasteiger partial charge in [-0.15, -0.1) is 0 Å². The summed E-state index contributed by atoms with van der Waals surface area (Å²) in [5.41, 5.74) is 1.83. The zero-order valence-corrected chi connectivity index (χ0v) is 22.3. The van der Waals surface area contributed by atoms with Gasteiger partial charge >= 0.3 is 12.1 Å². The third kappa shape index (κ3) is 5.69. The van der Waals surface area contributed by atoms with Gasteiger partial charge in [0.1, 0.15) is 11.4 Å². The molecule has 1 N–H and O–H groups in total. The van der Waals surface area contributed by atoms with Gasteiger partial charge in [0.15, 0.2) is 5.69 Å². The second-order valence-electron chi connectivity index (χ2n) is 10.5. The van der Waals surface area contributed by atoms with Gasteiger partial charge in [-0.25, -0.2) is 14.6 Å². The molecule has 2 amide bonds. The number of hydrogen-bond acceptors (Lipinski definition) is 6. The second kappa shape index (κ2) is 10.6. The summed E-state index contributed by atoms with van der Waals surface area (Å²) in [5, 5.41) is 13.6. The molecule has 2 aromatic heterocycles. The maximum atomic E-state index is 14.0. The summed E-state index contributed by atoms with van der Waals surface area (Å²) >= 11 is 0. The van der Waals surface area contributed by atoms with Crippen molar-refractivity contribution in [3.05, 3.63) is 65.6 Å². The van der Waals surface area contributed by atoms with Crippen LogP contribution in [0.5, 0.6) is 0 Å². The number of carbonyl (C=O) groups excluding carboxylic acids is 2. The van der Waals surface area contributed by atoms with Gasteiger partial charge in [-0.3, -0.25) is 14.4 Å². The molecule has 4 rings (SSSR count). The number of carboxylic acid groups (broad SMARTS) is 1. The molecule has 1 aliphatic rings. The number of aryl methyl sites for hydroxylation is 2. The van der Waals surface area contributed by atoms with E-state index in [1.54, 1.807) is 47.3 Å². The van der Waals surface area contributed by atoms with E-state index in [1.165, 1.54) is 10.9 Å². The van der Waals surface area contributed by atoms with Crippen molar-refractivity contribution >= 4 is 23.8 Å². The molecule has 3 heterocycles. The van der Waals surface area contributed by atoms with Crippen molar-refractivity contribution in [1.29, 1.82) is 0 Å². The minimum Gasteiger partial charge on any atom is -0.477 e. The molecule has 200 valence electrons. The quantitative estimate of drug-likeness (QED) is 0.526. The molecule has 0 spiro atoms. The number of aromatic nitrogens is 3. The van der Waals surface area contributed by atoms with Crippen molar-refractivity contribution in [2.75, 3.05) is 18.0 Å². The van der Waals surface area contributed by atoms with Crippen LogP contribution in [-0.2, 0) is 11.8 Å². The summed E-state index contributed by atoms with van der Waals surface area (Å²) < 4.78 is 6.89. The standard InChI is InChI=1S/C28H33N5O5/c1-18-8-6-14-29-24(18)33(21-9-7-15-32(17-21)27(37)38-28(2,3)4)25(34)20-12-10-19(11-13-20)22-16-30-31(5)23(22)26(35)36/h6,8,10-14,16,21H,7,9,15,17H2,1-5H3,(H,35,36)/t21-/m1/s1. The van der Waals surface area contributed by atoms with E-state index in [0.717, 1.165) is 12.0 Å². The maximum Gasteiger partial charge on any atom is 0.410 e. The predicted molar refractivity (Wildman–Crippen MR) is 142 cm³/mol. The molecular weight excluding hydrogens is 486 g/mol. The lowest BCUT2D eigenvalue weighted by molar-refractivity contribution is 0.0195. The van der Waals surface area contributed by atoms with Crippen LogP contribution in [0.3, 0.4) is 0 Å². The fraction of sp³-hybridized carbons (Fsp3) is 0.393. The molecule has 1 atom stereocenters. The molecular formula is C28H33N5O5. The molecule has 1 aliphatic heterocycles. The number of carboxylic acids is 1. The average Bonchev–Trinajstić information content (AvgIpc) is 3.26. The molecule has 10 nitrogen and oxygen atoms in total. The van der Waals surface area contributed by atoms with Crippen LogP contribution in [0.15, 0.2) is 48.8 Å². The normalized spacial score (nSPS) is 15.7. The SMILES string of the molecule is Cc1cccnc1N(C(=O)c1ccc(-c2cnn(C)c2C(=O)O)cc1)[C@@H]1CCCN(C(=O)OC(C)(C)C)C1. The Morgan fingerprint density at radius 3 is 2.47 bits per heavy atom. The van der Waals surface area contributed by atoms with Crippen molar-refractivity contribution in [3.8, 4) is 11.1 Å². The lowest BCUT2D eigenvalue weighted by atomic mass is 10.0. The first-order chi connectivity index (χ1) is 18.0. The Kier molecular flexibility index (Phi) is 7.52. The fourth-order valence-corrected chi connectivity index (χ4v) is 4.66. The molecule has 1 aromatic carbocycles. The van der Waals surface area contributed by atoms with Gasteiger partial charge in [-0.05, 0) is 69.9 Å². The minimum absolute atomic E-state index is 0.0688. The van der Waals surface area contributed by atoms with Gasteiger partial charge in [-0.1, -0.05) is 18.2 Å². The lowest BCUT2D eigenvalue weighted by Gasteiger charge is -2.39. The highest BCUT2D eigenvalue weighted by Gasteiger charge is 2.35. The third-order valence-electron chi connectivity index (χ3n) is 6.43. The number of nitrogens with zero attached hydrogens (tertiary/aromatic N) is 5. The Morgan fingerprint density at radius 1 is 1.13 bits per heavy atom. The fourth-order valence-electron chi connectivity index (χ4n) is 4.66. The third-order valence-corrected chi connectivity index (χ3v) is 6.43. The summed E-state index contributed by atoms with van der Waals surface area (Å²) in [6.07, 6.45) is 4.17. The number of piperidine rings is 1. The first-order valence-corrected chi connectivity index (χ1v) is 12.5. The summed E-state index contributed by atoms with van der Waals surface area (Å²) in [7, 11) is 1.57. The molecule has 1 fully saturated rings. The highest BCUT2D eigenvalue weighted by Crippen LogP contribution is 2.29. The first-order valence-electron chi connectivity index (χ1n) is 12.5. The number of likely N-dealkylation sites (tertiary alicyclic amines) is 1. The van der Waals surface area contributed by atoms with Crippen molar-refractivity contribution in [3.63, 3.8) is 0 Å². The van der Waals surface area contributed by atoms with Gasteiger partial charge in [0.2, 0.25) is 0 Å². The average molecular weight is 520 g/mol. The van der Waals surface area contributed by atoms with Crippen molar-refractivity contribution < 1.29 is 24.2 Å². The molecule has 38 heavy (non-hydrogen) atoms. The van der Waals surface area contributed by atoms with E-state index in [-0.39, 0.29) is 17.6 Å². The number of anilines is 1. The summed E-state index contributed by atoms with van der Waals surface area (Å²) in [4.78, 5) is 46.3. The number of rotatable bonds is 5. The number of amides is 2. The van der Waals surface area contributed by atoms with Crippen LogP contribution in [0.2, 0.25) is 0 Å². The van der Waals surface area contributed by atoms with E-state index in [2.05, 4.69) is 10.1 Å². The second-order valence-corrected chi connectivity index (χ2v) is 10.5. The first kappa shape index (κ1) is 26.8. The minimum atomic E-state index is -1.08. The Bertz CT molecular complexity index is 1340. The lowest BCUT2D eigenvalue weighted by Crippen LogP contribution is -2.53. The highest BCUT2D eigenvalue weighted by molar-refractivity contribution is 6.06. The van der Waals surface area contributed by atoms with Gasteiger partial charge in [-0.2, -0.15) is 5.10 Å². The number of ether oxygens (including phenoxy) is 1. The van der Waals surface area contributed by atoms with E-state index < -0.39 is 17.7 Å². The van der Waals surface area contributed by atoms with Gasteiger partial charge < -0.3 is 14.7 Å². The van der Waals surface area contributed by atoms with E-state index in [4.69, 9.17) is 4.74 Å². The summed E-state index contributed by atoms with van der Waals surface area (Å²) in [6.45, 7) is 8.26. The molecule has 3 aromatic rings. The number of pyridine rings is 1. The summed E-state index contributed by atoms with van der Waals surface area (Å²) in [5.74, 6) is -0.791. The van der Waals surface area contributed by atoms with E-state index in [0.29, 0.717) is 42.0 Å². The van der Waals surface area contributed by atoms with Gasteiger partial charge in [0.05, 0.1) is 12.2 Å². The Hall–Kier alpha value is -4.21. The van der Waals surface area contributed by atoms with Crippen LogP contribution >= 0.6 is 0 Å². The van der Waals surface area contributed by atoms with Crippen molar-refractivity contribution in [2.24, 2.45) is 7.05 Å². The van der Waals surface area contributed by atoms with Gasteiger partial charge in [0.25, 0.3) is 5.91 Å². The maximum absolute atomic E-state index is 14.0. The van der Waals surface area contributed by atoms with Crippen molar-refractivity contribution in [2.45, 2.75) is 52.2 Å². The Morgan fingerprint density at radius 2 is 1.84 bits per heavy atom. The zero-order valence-electron chi connectivity index (χ0n) is 22.3. The van der Waals surface area contributed by atoms with Crippen molar-refractivity contribution in [1.82, 2.24) is 19.7 Å². The predicted octanol–water partition coefficient (Wildman–Crippen LogP) is 4.54. The van der Waals surface area contributed by atoms with E-state index in [9.17, 15) is 19.5 Å². The smallest absolute Gasteiger partial charge is 0.410 e. The number of benzene rings is 1. The molecule has 0 aliphatic carbocycles. The van der Waals surface area contributed by atoms with Crippen LogP contribution in [0, 0.1) is 6.92 Å². The molecule has 1 saturated heterocycles. The van der Waals surface area contributed by atoms with Crippen LogP contribution in [0.4, 0.5) is 10.6 Å². The number of carbonyl (C=O) groups is 3. The topological polar surface area (TPSA) is 118 Å². The van der Waals surface area contributed by atoms with Crippen LogP contribution in [0.1, 0.15) is 60.0 Å². The highest BCUT2D eigenvalue weighted by atomic mass is 16.6. The molecule has 0 saturated carbocycles. The largest absolute Gasteiger partial charge is 0.477 e. The van der Waals surface area contributed by atoms with Crippen LogP contribution in [0.25, 0.3) is 11.1 Å². The van der Waals surface area contributed by atoms with E-state index >= 15 is 0 Å².